The van der Waals surface area contributed by atoms with Crippen molar-refractivity contribution < 1.29 is 22.6 Å². The van der Waals surface area contributed by atoms with Crippen molar-refractivity contribution in [1.82, 2.24) is 14.3 Å². The molecule has 0 saturated heterocycles. The molecule has 3 rings (SSSR count). The molecule has 23 heavy (non-hydrogen) atoms. The van der Waals surface area contributed by atoms with Crippen molar-refractivity contribution in [1.29, 1.82) is 0 Å². The zero-order valence-electron chi connectivity index (χ0n) is 25.1. The van der Waals surface area contributed by atoms with Crippen LogP contribution < -0.4 is 0 Å². The minimum Gasteiger partial charge on any atom is -0.348 e. The van der Waals surface area contributed by atoms with Gasteiger partial charge in [0.15, 0.2) is 0 Å². The van der Waals surface area contributed by atoms with Crippen LogP contribution in [0.1, 0.15) is 34.6 Å². The second kappa shape index (κ2) is 5.88. The maximum absolute atomic E-state index is 13.2. The van der Waals surface area contributed by atoms with Gasteiger partial charge in [-0.2, -0.15) is 0 Å². The molecule has 0 fully saturated rings. The number of pyridine rings is 1. The number of carbonyl (C=O) groups is 1. The molecule has 3 aromatic rings. The van der Waals surface area contributed by atoms with Crippen molar-refractivity contribution >= 4 is 11.6 Å². The maximum atomic E-state index is 13.2. The third-order valence-electron chi connectivity index (χ3n) is 3.24. The lowest BCUT2D eigenvalue weighted by Crippen LogP contribution is -2.24. The molecule has 0 aliphatic carbocycles. The summed E-state index contributed by atoms with van der Waals surface area (Å²) in [4.78, 5) is 17.0. The number of likely N-dealkylation sites (N-methyl/N-ethyl adjacent to an activating group) is 1. The van der Waals surface area contributed by atoms with Crippen LogP contribution in [0.25, 0.3) is 16.9 Å². The first-order chi connectivity index (χ1) is 16.3. The van der Waals surface area contributed by atoms with Crippen molar-refractivity contribution in [3.05, 3.63) is 59.3 Å². The number of rotatable bonds is 3. The first kappa shape index (κ1) is 6.11. The average Bonchev–Trinajstić information content (AvgIpc) is 3.10. The van der Waals surface area contributed by atoms with Crippen LogP contribution in [0.3, 0.4) is 0 Å². The van der Waals surface area contributed by atoms with Gasteiger partial charge < -0.3 is 9.30 Å². The Kier molecular flexibility index (Phi) is 1.56. The fourth-order valence-corrected chi connectivity index (χ4v) is 2.13. The van der Waals surface area contributed by atoms with Gasteiger partial charge in [0.25, 0.3) is 0 Å². The van der Waals surface area contributed by atoms with Crippen LogP contribution in [0.4, 0.5) is 0 Å². The number of nitrogens with zero attached hydrogens (tertiary/aromatic N) is 3. The Morgan fingerprint density at radius 1 is 1.30 bits per heavy atom. The van der Waals surface area contributed by atoms with E-state index in [-0.39, 0.29) is 11.3 Å². The van der Waals surface area contributed by atoms with Crippen molar-refractivity contribution in [3.63, 3.8) is 0 Å². The van der Waals surface area contributed by atoms with Crippen LogP contribution in [0, 0.1) is 13.8 Å². The molecule has 2 aromatic heterocycles. The van der Waals surface area contributed by atoms with E-state index in [4.69, 9.17) is 17.8 Å². The number of aryl methyl sites for hydroxylation is 1. The third-order valence-corrected chi connectivity index (χ3v) is 3.24. The molecular formula is C19H21N3O. The van der Waals surface area contributed by atoms with Crippen molar-refractivity contribution in [2.75, 3.05) is 14.0 Å². The van der Waals surface area contributed by atoms with Gasteiger partial charge in [-0.15, -0.1) is 0 Å². The van der Waals surface area contributed by atoms with Crippen LogP contribution in [0.15, 0.2) is 42.5 Å². The van der Waals surface area contributed by atoms with Gasteiger partial charge in [-0.1, -0.05) is 35.9 Å². The highest BCUT2D eigenvalue weighted by molar-refractivity contribution is 5.81. The first-order valence-electron chi connectivity index (χ1n) is 13.2. The first-order valence-corrected chi connectivity index (χ1v) is 6.64. The highest BCUT2D eigenvalue weighted by atomic mass is 16.2. The molecule has 1 aromatic carbocycles. The van der Waals surface area contributed by atoms with Crippen LogP contribution in [-0.4, -0.2) is 34.1 Å². The summed E-state index contributed by atoms with van der Waals surface area (Å²) in [5.74, 6) is -1.67. The average molecular weight is 320 g/mol. The monoisotopic (exact) mass is 320 g/mol. The van der Waals surface area contributed by atoms with Crippen LogP contribution >= 0.6 is 0 Å². The van der Waals surface area contributed by atoms with Gasteiger partial charge in [-0.25, -0.2) is 4.98 Å². The predicted molar refractivity (Wildman–Crippen MR) is 92.5 cm³/mol. The topological polar surface area (TPSA) is 37.6 Å². The molecule has 0 saturated carbocycles. The van der Waals surface area contributed by atoms with E-state index in [1.54, 1.807) is 31.2 Å². The molecule has 2 heterocycles. The molecule has 0 spiro atoms. The maximum Gasteiger partial charge on any atom is 0.228 e. The molecule has 0 N–H and O–H groups in total. The number of hydrogen-bond donors (Lipinski definition) is 0. The minimum absolute atomic E-state index is 0.163. The highest BCUT2D eigenvalue weighted by Crippen LogP contribution is 2.26. The lowest BCUT2D eigenvalue weighted by molar-refractivity contribution is -0.128. The molecule has 118 valence electrons. The molecule has 0 radical (unpaired) electrons. The van der Waals surface area contributed by atoms with E-state index in [9.17, 15) is 4.79 Å². The Morgan fingerprint density at radius 2 is 2.09 bits per heavy atom. The number of carbonyl (C=O) groups excluding carboxylic acids is 1. The van der Waals surface area contributed by atoms with Gasteiger partial charge in [0.2, 0.25) is 5.91 Å². The van der Waals surface area contributed by atoms with Crippen LogP contribution in [0.2, 0.25) is 0 Å². The van der Waals surface area contributed by atoms with Gasteiger partial charge in [0.1, 0.15) is 5.65 Å². The summed E-state index contributed by atoms with van der Waals surface area (Å²) >= 11 is 0. The lowest BCUT2D eigenvalue weighted by atomic mass is 10.1. The van der Waals surface area contributed by atoms with Crippen molar-refractivity contribution in [2.45, 2.75) is 20.2 Å². The zero-order valence-corrected chi connectivity index (χ0v) is 12.1. The van der Waals surface area contributed by atoms with E-state index in [0.717, 1.165) is 9.96 Å². The predicted octanol–water partition coefficient (Wildman–Crippen LogP) is 3.25. The largest absolute Gasteiger partial charge is 0.348 e. The van der Waals surface area contributed by atoms with Gasteiger partial charge >= 0.3 is 0 Å². The van der Waals surface area contributed by atoms with Crippen LogP contribution in [0.5, 0.6) is 0 Å². The second-order valence-corrected chi connectivity index (χ2v) is 4.93. The number of imidazole rings is 1. The van der Waals surface area contributed by atoms with E-state index in [1.807, 2.05) is 0 Å². The molecule has 0 aliphatic heterocycles. The van der Waals surface area contributed by atoms with E-state index < -0.39 is 73.2 Å². The minimum atomic E-state index is -3.45. The standard InChI is InChI=1S/C19H21N3O/c1-13-5-8-15(9-6-13)19-16(11-18(23)21(3)4)22-12-14(2)7-10-17(22)20-19/h5-10,12H,11H2,1-4H3/i2D3,3D3,4D3,7D,10D,11D,12D. The SMILES string of the molecule is [2H]c1c(C([2H])([2H])[2H])c([2H])n2c(C([2H])C(=O)N(C([2H])([2H])[2H])C([2H])([2H])[2H])c(-c3ccc(C)cc3)nc2c1[2H]. The Morgan fingerprint density at radius 3 is 2.78 bits per heavy atom. The van der Waals surface area contributed by atoms with Crippen LogP contribution in [-0.2, 0) is 11.2 Å². The summed E-state index contributed by atoms with van der Waals surface area (Å²) < 4.78 is 103. The smallest absolute Gasteiger partial charge is 0.228 e. The number of fused-ring (bicyclic) bond motifs is 1. The fraction of sp³-hybridized carbons (Fsp3) is 0.263. The Balaban J connectivity index is 2.46. The van der Waals surface area contributed by atoms with E-state index in [2.05, 4.69) is 4.98 Å². The fourth-order valence-electron chi connectivity index (χ4n) is 2.13. The summed E-state index contributed by atoms with van der Waals surface area (Å²) in [6.07, 6.45) is -3.15. The molecule has 0 aliphatic rings. The Bertz CT molecular complexity index is 1310. The van der Waals surface area contributed by atoms with Gasteiger partial charge in [0.05, 0.1) is 21.9 Å². The number of hydrogen-bond acceptors (Lipinski definition) is 2. The molecule has 4 heteroatoms. The number of aromatic nitrogens is 2. The van der Waals surface area contributed by atoms with E-state index >= 15 is 0 Å². The van der Waals surface area contributed by atoms with Crippen molar-refractivity contribution in [2.24, 2.45) is 0 Å². The second-order valence-electron chi connectivity index (χ2n) is 4.93. The normalized spacial score (nSPS) is 22.2. The molecule has 1 amide bonds. The van der Waals surface area contributed by atoms with E-state index in [0.29, 0.717) is 0 Å². The molecule has 0 bridgehead atoms. The summed E-state index contributed by atoms with van der Waals surface area (Å²) in [5, 5.41) is 0. The number of amides is 1. The highest BCUT2D eigenvalue weighted by Gasteiger charge is 2.18. The summed E-state index contributed by atoms with van der Waals surface area (Å²) in [6.45, 7) is -8.13. The van der Waals surface area contributed by atoms with Gasteiger partial charge in [-0.3, -0.25) is 4.79 Å². The quantitative estimate of drug-likeness (QED) is 0.743. The lowest BCUT2D eigenvalue weighted by Gasteiger charge is -2.11. The van der Waals surface area contributed by atoms with Crippen molar-refractivity contribution in [3.8, 4) is 11.3 Å². The molecule has 1 unspecified atom stereocenters. The van der Waals surface area contributed by atoms with Gasteiger partial charge in [-0.05, 0) is 25.4 Å². The summed E-state index contributed by atoms with van der Waals surface area (Å²) in [7, 11) is 0. The van der Waals surface area contributed by atoms with E-state index in [1.165, 1.54) is 0 Å². The number of benzene rings is 1. The third kappa shape index (κ3) is 2.97. The summed E-state index contributed by atoms with van der Waals surface area (Å²) in [6, 6.07) is 4.92. The molecule has 1 atom stereocenters. The van der Waals surface area contributed by atoms with Gasteiger partial charge in [0, 0.05) is 39.4 Å². The Hall–Kier alpha value is -2.62. The Labute approximate surface area is 154 Å². The molecular weight excluding hydrogens is 286 g/mol. The summed E-state index contributed by atoms with van der Waals surface area (Å²) in [5.41, 5.74) is -0.802. The molecule has 4 nitrogen and oxygen atoms in total. The zero-order chi connectivity index (χ0) is 27.5.